The second-order valence-corrected chi connectivity index (χ2v) is 6.92. The zero-order valence-corrected chi connectivity index (χ0v) is 12.9. The second kappa shape index (κ2) is 5.45. The van der Waals surface area contributed by atoms with E-state index < -0.39 is 0 Å². The highest BCUT2D eigenvalue weighted by Crippen LogP contribution is 2.43. The predicted molar refractivity (Wildman–Crippen MR) is 76.5 cm³/mol. The van der Waals surface area contributed by atoms with E-state index in [2.05, 4.69) is 15.9 Å². The smallest absolute Gasteiger partial charge is 0.124 e. The van der Waals surface area contributed by atoms with Crippen molar-refractivity contribution in [2.45, 2.75) is 4.83 Å². The molecule has 90 valence electrons. The molecule has 1 atom stereocenters. The van der Waals surface area contributed by atoms with Crippen LogP contribution in [0.3, 0.4) is 0 Å². The van der Waals surface area contributed by atoms with Gasteiger partial charge < -0.3 is 0 Å². The molecule has 17 heavy (non-hydrogen) atoms. The molecule has 0 amide bonds. The van der Waals surface area contributed by atoms with E-state index in [-0.39, 0.29) is 10.6 Å². The van der Waals surface area contributed by atoms with Crippen molar-refractivity contribution in [3.8, 4) is 0 Å². The third kappa shape index (κ3) is 2.96. The summed E-state index contributed by atoms with van der Waals surface area (Å²) >= 11 is 22.7. The van der Waals surface area contributed by atoms with Crippen LogP contribution in [0.25, 0.3) is 0 Å². The minimum absolute atomic E-state index is 0.202. The standard InChI is InChI=1S/C11H5BrCl3FS/c12-10(7-4-9(14)17-11(7)15)6-2-1-5(16)3-8(6)13/h1-4,10H. The first kappa shape index (κ1) is 13.6. The summed E-state index contributed by atoms with van der Waals surface area (Å²) in [6, 6.07) is 6.02. The van der Waals surface area contributed by atoms with Crippen LogP contribution in [-0.4, -0.2) is 0 Å². The fourth-order valence-corrected chi connectivity index (χ4v) is 4.38. The van der Waals surface area contributed by atoms with E-state index in [4.69, 9.17) is 34.8 Å². The van der Waals surface area contributed by atoms with Gasteiger partial charge in [0.15, 0.2) is 0 Å². The molecule has 0 radical (unpaired) electrons. The lowest BCUT2D eigenvalue weighted by Gasteiger charge is -2.11. The molecule has 0 saturated heterocycles. The molecule has 2 rings (SSSR count). The average molecular weight is 374 g/mol. The lowest BCUT2D eigenvalue weighted by molar-refractivity contribution is 0.627. The zero-order chi connectivity index (χ0) is 12.6. The highest BCUT2D eigenvalue weighted by molar-refractivity contribution is 9.09. The van der Waals surface area contributed by atoms with Crippen LogP contribution >= 0.6 is 62.1 Å². The Bertz CT molecular complexity index is 556. The Hall–Kier alpha value is 0.200. The molecule has 0 bridgehead atoms. The van der Waals surface area contributed by atoms with Gasteiger partial charge in [-0.1, -0.05) is 56.8 Å². The zero-order valence-electron chi connectivity index (χ0n) is 8.18. The van der Waals surface area contributed by atoms with Gasteiger partial charge >= 0.3 is 0 Å². The van der Waals surface area contributed by atoms with Gasteiger partial charge in [-0.15, -0.1) is 11.3 Å². The minimum Gasteiger partial charge on any atom is -0.207 e. The van der Waals surface area contributed by atoms with E-state index in [0.29, 0.717) is 13.7 Å². The highest BCUT2D eigenvalue weighted by Gasteiger charge is 2.19. The van der Waals surface area contributed by atoms with E-state index >= 15 is 0 Å². The van der Waals surface area contributed by atoms with Gasteiger partial charge in [-0.3, -0.25) is 0 Å². The molecule has 0 N–H and O–H groups in total. The minimum atomic E-state index is -0.368. The number of thiophene rings is 1. The Balaban J connectivity index is 2.43. The number of benzene rings is 1. The fourth-order valence-electron chi connectivity index (χ4n) is 1.40. The summed E-state index contributed by atoms with van der Waals surface area (Å²) in [5.74, 6) is -0.368. The van der Waals surface area contributed by atoms with Crippen LogP contribution in [-0.2, 0) is 0 Å². The normalized spacial score (nSPS) is 12.8. The molecule has 0 spiro atoms. The number of halogens is 5. The Morgan fingerprint density at radius 1 is 1.12 bits per heavy atom. The summed E-state index contributed by atoms with van der Waals surface area (Å²) in [6.07, 6.45) is 0. The van der Waals surface area contributed by atoms with Crippen LogP contribution in [0, 0.1) is 5.82 Å². The van der Waals surface area contributed by atoms with Gasteiger partial charge in [0.25, 0.3) is 0 Å². The molecule has 0 saturated carbocycles. The molecule has 0 fully saturated rings. The molecule has 2 aromatic rings. The topological polar surface area (TPSA) is 0 Å². The maximum Gasteiger partial charge on any atom is 0.124 e. The number of hydrogen-bond acceptors (Lipinski definition) is 1. The van der Waals surface area contributed by atoms with Crippen LogP contribution in [0.5, 0.6) is 0 Å². The van der Waals surface area contributed by atoms with Crippen molar-refractivity contribution < 1.29 is 4.39 Å². The van der Waals surface area contributed by atoms with E-state index in [1.54, 1.807) is 12.1 Å². The lowest BCUT2D eigenvalue weighted by Crippen LogP contribution is -1.93. The summed E-state index contributed by atoms with van der Waals surface area (Å²) < 4.78 is 14.2. The molecule has 0 aliphatic carbocycles. The molecule has 6 heteroatoms. The maximum absolute atomic E-state index is 13.0. The summed E-state index contributed by atoms with van der Waals surface area (Å²) in [6.45, 7) is 0. The molecule has 1 unspecified atom stereocenters. The van der Waals surface area contributed by atoms with Crippen molar-refractivity contribution >= 4 is 62.1 Å². The predicted octanol–water partition coefficient (Wildman–Crippen LogP) is 6.33. The first-order valence-corrected chi connectivity index (χ1v) is 7.39. The van der Waals surface area contributed by atoms with Crippen molar-refractivity contribution in [3.05, 3.63) is 54.9 Å². The molecule has 1 aromatic heterocycles. The molecular weight excluding hydrogens is 369 g/mol. The van der Waals surface area contributed by atoms with Crippen LogP contribution in [0.15, 0.2) is 24.3 Å². The van der Waals surface area contributed by atoms with Gasteiger partial charge in [0.05, 0.1) is 13.5 Å². The second-order valence-electron chi connectivity index (χ2n) is 3.31. The van der Waals surface area contributed by atoms with Crippen LogP contribution in [0.2, 0.25) is 13.7 Å². The summed E-state index contributed by atoms with van der Waals surface area (Å²) in [5, 5.41) is 0.352. The van der Waals surface area contributed by atoms with Crippen molar-refractivity contribution in [3.63, 3.8) is 0 Å². The molecule has 1 heterocycles. The van der Waals surface area contributed by atoms with Gasteiger partial charge in [0.2, 0.25) is 0 Å². The third-order valence-electron chi connectivity index (χ3n) is 2.19. The van der Waals surface area contributed by atoms with Crippen molar-refractivity contribution in [1.29, 1.82) is 0 Å². The van der Waals surface area contributed by atoms with Gasteiger partial charge in [-0.25, -0.2) is 4.39 Å². The van der Waals surface area contributed by atoms with E-state index in [1.165, 1.54) is 23.5 Å². The van der Waals surface area contributed by atoms with E-state index in [0.717, 1.165) is 11.1 Å². The van der Waals surface area contributed by atoms with Crippen molar-refractivity contribution in [1.82, 2.24) is 0 Å². The Morgan fingerprint density at radius 2 is 1.82 bits per heavy atom. The fraction of sp³-hybridized carbons (Fsp3) is 0.0909. The van der Waals surface area contributed by atoms with E-state index in [1.807, 2.05) is 0 Å². The molecule has 0 aliphatic rings. The Morgan fingerprint density at radius 3 is 2.35 bits per heavy atom. The van der Waals surface area contributed by atoms with Gasteiger partial charge in [0.1, 0.15) is 5.82 Å². The average Bonchev–Trinajstić information content (AvgIpc) is 2.57. The van der Waals surface area contributed by atoms with Gasteiger partial charge in [0, 0.05) is 10.6 Å². The monoisotopic (exact) mass is 372 g/mol. The molecule has 0 nitrogen and oxygen atoms in total. The SMILES string of the molecule is Fc1ccc(C(Br)c2cc(Cl)sc2Cl)c(Cl)c1. The van der Waals surface area contributed by atoms with Crippen LogP contribution < -0.4 is 0 Å². The Kier molecular flexibility index (Phi) is 4.37. The summed E-state index contributed by atoms with van der Waals surface area (Å²) in [7, 11) is 0. The number of alkyl halides is 1. The lowest BCUT2D eigenvalue weighted by atomic mass is 10.1. The maximum atomic E-state index is 13.0. The first-order valence-electron chi connectivity index (χ1n) is 4.53. The third-order valence-corrected chi connectivity index (χ3v) is 5.02. The van der Waals surface area contributed by atoms with E-state index in [9.17, 15) is 4.39 Å². The Labute approximate surface area is 125 Å². The quantitative estimate of drug-likeness (QED) is 0.539. The molecule has 0 aliphatic heterocycles. The highest BCUT2D eigenvalue weighted by atomic mass is 79.9. The largest absolute Gasteiger partial charge is 0.207 e. The van der Waals surface area contributed by atoms with Gasteiger partial charge in [-0.2, -0.15) is 0 Å². The summed E-state index contributed by atoms with van der Waals surface area (Å²) in [4.78, 5) is -0.202. The van der Waals surface area contributed by atoms with Crippen molar-refractivity contribution in [2.75, 3.05) is 0 Å². The van der Waals surface area contributed by atoms with Crippen LogP contribution in [0.4, 0.5) is 4.39 Å². The number of hydrogen-bond donors (Lipinski definition) is 0. The van der Waals surface area contributed by atoms with Crippen LogP contribution in [0.1, 0.15) is 16.0 Å². The van der Waals surface area contributed by atoms with Crippen molar-refractivity contribution in [2.24, 2.45) is 0 Å². The summed E-state index contributed by atoms with van der Waals surface area (Å²) in [5.41, 5.74) is 1.58. The first-order chi connectivity index (χ1) is 7.99. The molecular formula is C11H5BrCl3FS. The van der Waals surface area contributed by atoms with Gasteiger partial charge in [-0.05, 0) is 23.8 Å². The molecule has 1 aromatic carbocycles. The number of rotatable bonds is 2.